The molecule has 0 radical (unpaired) electrons. The van der Waals surface area contributed by atoms with Crippen molar-refractivity contribution in [3.8, 4) is 0 Å². The lowest BCUT2D eigenvalue weighted by Crippen LogP contribution is -2.50. The number of phosphoric ester groups is 1. The molecule has 0 unspecified atom stereocenters. The smallest absolute Gasteiger partial charge is 0.0786 e. The summed E-state index contributed by atoms with van der Waals surface area (Å²) >= 11 is 0. The van der Waals surface area contributed by atoms with E-state index in [2.05, 4.69) is 59.9 Å². The molecule has 0 heterocycles. The topological polar surface area (TPSA) is 72.4 Å². The molecule has 0 saturated carbocycles. The van der Waals surface area contributed by atoms with Gasteiger partial charge in [0.05, 0.1) is 60.2 Å². The standard InChI is InChI=1S/2C16H36N.CH5O4P/c2*1-5-9-13-17(14-10-6-2,15-11-7-3)16-12-8-4;1-5-6(2,3)4/h2*5-16H2,1-4H3;1H3,(H2,2,3,4)/q2*+1;/p-2/i;;5+2. The first-order valence-electron chi connectivity index (χ1n) is 17.3. The van der Waals surface area contributed by atoms with E-state index in [1.807, 2.05) is 0 Å². The minimum atomic E-state index is -4.65. The highest BCUT2D eigenvalue weighted by atomic mass is 31.2. The minimum Gasteiger partial charge on any atom is -0.790 e. The van der Waals surface area contributed by atoms with Crippen LogP contribution in [0.4, 0.5) is 0 Å². The average molecular weight is 597 g/mol. The van der Waals surface area contributed by atoms with Gasteiger partial charge in [-0.25, -0.2) is 0 Å². The van der Waals surface area contributed by atoms with Crippen molar-refractivity contribution in [3.63, 3.8) is 0 Å². The maximum absolute atomic E-state index is 9.25. The number of hydrogen-bond donors (Lipinski definition) is 0. The van der Waals surface area contributed by atoms with Crippen LogP contribution < -0.4 is 9.79 Å². The van der Waals surface area contributed by atoms with E-state index in [0.717, 1.165) is 7.11 Å². The number of unbranched alkanes of at least 4 members (excludes halogenated alkanes) is 8. The largest absolute Gasteiger partial charge is 0.790 e. The molecule has 0 aliphatic rings. The Labute approximate surface area is 253 Å². The molecule has 0 N–H and O–H groups in total. The van der Waals surface area contributed by atoms with E-state index in [1.165, 1.54) is 164 Å². The Balaban J connectivity index is -0.000000569. The first-order valence-corrected chi connectivity index (χ1v) is 18.8. The summed E-state index contributed by atoms with van der Waals surface area (Å²) in [6, 6.07) is 0. The van der Waals surface area contributed by atoms with Gasteiger partial charge in [0.25, 0.3) is 0 Å². The van der Waals surface area contributed by atoms with Gasteiger partial charge in [-0.05, 0) is 51.4 Å². The van der Waals surface area contributed by atoms with Crippen molar-refractivity contribution in [2.45, 2.75) is 158 Å². The summed E-state index contributed by atoms with van der Waals surface area (Å²) in [5.41, 5.74) is 0. The predicted molar refractivity (Wildman–Crippen MR) is 173 cm³/mol. The van der Waals surface area contributed by atoms with Gasteiger partial charge in [0.2, 0.25) is 0 Å². The minimum absolute atomic E-state index is 0.820. The van der Waals surface area contributed by atoms with E-state index < -0.39 is 7.82 Å². The third kappa shape index (κ3) is 28.2. The Bertz CT molecular complexity index is 432. The highest BCUT2D eigenvalue weighted by molar-refractivity contribution is 7.43. The van der Waals surface area contributed by atoms with Gasteiger partial charge in [0, 0.05) is 7.11 Å². The molecule has 0 saturated heterocycles. The average Bonchev–Trinajstić information content (AvgIpc) is 2.96. The van der Waals surface area contributed by atoms with Crippen LogP contribution in [0, 0.1) is 0 Å². The third-order valence-electron chi connectivity index (χ3n) is 8.11. The van der Waals surface area contributed by atoms with Gasteiger partial charge >= 0.3 is 0 Å². The molecule has 0 fully saturated rings. The van der Waals surface area contributed by atoms with Gasteiger partial charge in [0.1, 0.15) is 0 Å². The molecule has 0 aromatic rings. The van der Waals surface area contributed by atoms with Crippen LogP contribution in [0.5, 0.6) is 0 Å². The lowest BCUT2D eigenvalue weighted by atomic mass is 10.1. The van der Waals surface area contributed by atoms with Crippen molar-refractivity contribution in [2.75, 3.05) is 59.5 Å². The Morgan fingerprint density at radius 1 is 0.425 bits per heavy atom. The fourth-order valence-corrected chi connectivity index (χ4v) is 5.29. The van der Waals surface area contributed by atoms with Crippen LogP contribution in [0.15, 0.2) is 0 Å². The number of phosphoric acid groups is 1. The van der Waals surface area contributed by atoms with Crippen LogP contribution in [0.1, 0.15) is 158 Å². The molecule has 0 aromatic heterocycles. The van der Waals surface area contributed by atoms with Gasteiger partial charge in [-0.2, -0.15) is 0 Å². The summed E-state index contributed by atoms with van der Waals surface area (Å²) in [4.78, 5) is 18.5. The van der Waals surface area contributed by atoms with E-state index in [9.17, 15) is 14.4 Å². The normalized spacial score (nSPS) is 12.0. The van der Waals surface area contributed by atoms with Gasteiger partial charge in [-0.15, -0.1) is 0 Å². The van der Waals surface area contributed by atoms with Crippen LogP contribution in [-0.2, 0) is 9.09 Å². The van der Waals surface area contributed by atoms with Crippen molar-refractivity contribution in [2.24, 2.45) is 0 Å². The molecule has 246 valence electrons. The zero-order valence-electron chi connectivity index (χ0n) is 28.9. The molecule has 40 heavy (non-hydrogen) atoms. The molecule has 6 nitrogen and oxygen atoms in total. The third-order valence-corrected chi connectivity index (χ3v) is 8.56. The second-order valence-corrected chi connectivity index (χ2v) is 13.2. The maximum Gasteiger partial charge on any atom is 0.0786 e. The Morgan fingerprint density at radius 2 is 0.550 bits per heavy atom. The van der Waals surface area contributed by atoms with Gasteiger partial charge in [-0.1, -0.05) is 107 Å². The van der Waals surface area contributed by atoms with Gasteiger partial charge < -0.3 is 27.8 Å². The van der Waals surface area contributed by atoms with E-state index in [1.54, 1.807) is 0 Å². The number of quaternary nitrogens is 2. The quantitative estimate of drug-likeness (QED) is 0.0602. The van der Waals surface area contributed by atoms with Crippen molar-refractivity contribution in [1.82, 2.24) is 0 Å². The molecule has 0 atom stereocenters. The van der Waals surface area contributed by atoms with E-state index >= 15 is 0 Å². The summed E-state index contributed by atoms with van der Waals surface area (Å²) in [5, 5.41) is 0. The number of rotatable bonds is 25. The van der Waals surface area contributed by atoms with Crippen LogP contribution in [0.2, 0.25) is 0 Å². The number of nitrogens with zero attached hydrogens (tertiary/aromatic N) is 2. The first-order chi connectivity index (χ1) is 19.0. The Morgan fingerprint density at radius 3 is 0.625 bits per heavy atom. The first kappa shape index (κ1) is 44.5. The zero-order valence-corrected chi connectivity index (χ0v) is 29.8. The Kier molecular flexibility index (Phi) is 33.9. The van der Waals surface area contributed by atoms with Gasteiger partial charge in [0.15, 0.2) is 0 Å². The molecule has 7 heteroatoms. The molecule has 0 rings (SSSR count). The monoisotopic (exact) mass is 597 g/mol. The summed E-state index contributed by atoms with van der Waals surface area (Å²) < 4.78 is 15.5. The molecular formula is C33H75N2O4P. The molecule has 0 bridgehead atoms. The number of hydrogen-bond acceptors (Lipinski definition) is 4. The van der Waals surface area contributed by atoms with Crippen LogP contribution in [0.3, 0.4) is 0 Å². The predicted octanol–water partition coefficient (Wildman–Crippen LogP) is 8.47. The molecule has 0 amide bonds. The Hall–Kier alpha value is 0.0300. The van der Waals surface area contributed by atoms with Gasteiger partial charge in [-0.3, -0.25) is 0 Å². The fraction of sp³-hybridized carbons (Fsp3) is 1.00. The van der Waals surface area contributed by atoms with Crippen molar-refractivity contribution in [3.05, 3.63) is 0 Å². The lowest BCUT2D eigenvalue weighted by Gasteiger charge is -2.39. The van der Waals surface area contributed by atoms with E-state index in [0.29, 0.717) is 0 Å². The lowest BCUT2D eigenvalue weighted by molar-refractivity contribution is -0.929. The molecule has 0 aliphatic heterocycles. The summed E-state index contributed by atoms with van der Waals surface area (Å²) in [7, 11) is -3.83. The van der Waals surface area contributed by atoms with Crippen LogP contribution >= 0.6 is 7.82 Å². The SMILES string of the molecule is CCCC[N+](CCCC)(CCCC)CCCC.CCCC[N+](CCCC)(CCCC)CCCC.C[18O]P(=O)([O-])[O-]. The van der Waals surface area contributed by atoms with Crippen molar-refractivity contribution < 1.29 is 27.8 Å². The molecule has 0 aromatic carbocycles. The van der Waals surface area contributed by atoms with E-state index in [-0.39, 0.29) is 0 Å². The van der Waals surface area contributed by atoms with Crippen molar-refractivity contribution >= 4 is 7.82 Å². The second kappa shape index (κ2) is 30.5. The molecule has 0 spiro atoms. The summed E-state index contributed by atoms with van der Waals surface area (Å²) in [6.07, 6.45) is 22.1. The van der Waals surface area contributed by atoms with Crippen LogP contribution in [0.25, 0.3) is 0 Å². The van der Waals surface area contributed by atoms with Crippen LogP contribution in [-0.4, -0.2) is 68.4 Å². The highest BCUT2D eigenvalue weighted by Crippen LogP contribution is 2.21. The summed E-state index contributed by atoms with van der Waals surface area (Å²) in [5.74, 6) is 0. The molecule has 0 aliphatic carbocycles. The molecular weight excluding hydrogens is 521 g/mol. The second-order valence-electron chi connectivity index (χ2n) is 11.9. The zero-order chi connectivity index (χ0) is 31.2. The van der Waals surface area contributed by atoms with Crippen molar-refractivity contribution in [1.29, 1.82) is 0 Å². The van der Waals surface area contributed by atoms with E-state index in [4.69, 9.17) is 0 Å². The summed E-state index contributed by atoms with van der Waals surface area (Å²) in [6.45, 7) is 30.0. The maximum atomic E-state index is 9.25. The highest BCUT2D eigenvalue weighted by Gasteiger charge is 2.25. The fourth-order valence-electron chi connectivity index (χ4n) is 5.29.